The van der Waals surface area contributed by atoms with Crippen LogP contribution in [0.5, 0.6) is 0 Å². The van der Waals surface area contributed by atoms with E-state index in [1.54, 1.807) is 17.1 Å². The first-order valence-corrected chi connectivity index (χ1v) is 4.78. The Morgan fingerprint density at radius 3 is 3.07 bits per heavy atom. The van der Waals surface area contributed by atoms with Crippen LogP contribution in [-0.4, -0.2) is 22.0 Å². The number of nitrogens with one attached hydrogen (secondary N) is 1. The Balaban J connectivity index is 1.75. The van der Waals surface area contributed by atoms with E-state index >= 15 is 0 Å². The molecule has 5 nitrogen and oxygen atoms in total. The van der Waals surface area contributed by atoms with Crippen LogP contribution in [0, 0.1) is 5.92 Å². The van der Waals surface area contributed by atoms with Gasteiger partial charge < -0.3 is 15.6 Å². The maximum atomic E-state index is 11.4. The Morgan fingerprint density at radius 1 is 1.71 bits per heavy atom. The summed E-state index contributed by atoms with van der Waals surface area (Å²) in [5.41, 5.74) is 5.42. The van der Waals surface area contributed by atoms with Gasteiger partial charge in [-0.1, -0.05) is 0 Å². The molecule has 0 bridgehead atoms. The van der Waals surface area contributed by atoms with Gasteiger partial charge >= 0.3 is 0 Å². The lowest BCUT2D eigenvalue weighted by Crippen LogP contribution is -2.28. The summed E-state index contributed by atoms with van der Waals surface area (Å²) in [6.07, 6.45) is 5.71. The van der Waals surface area contributed by atoms with Gasteiger partial charge in [-0.15, -0.1) is 0 Å². The Labute approximate surface area is 82.3 Å². The molecule has 14 heavy (non-hydrogen) atoms. The molecular weight excluding hydrogens is 180 g/mol. The number of hydrogen-bond donors (Lipinski definition) is 2. The highest BCUT2D eigenvalue weighted by molar-refractivity contribution is 5.75. The number of rotatable bonds is 4. The summed E-state index contributed by atoms with van der Waals surface area (Å²) < 4.78 is 1.68. The van der Waals surface area contributed by atoms with Gasteiger partial charge in [-0.2, -0.15) is 0 Å². The van der Waals surface area contributed by atoms with Crippen LogP contribution >= 0.6 is 0 Å². The quantitative estimate of drug-likeness (QED) is 0.708. The van der Waals surface area contributed by atoms with Gasteiger partial charge in [-0.25, -0.2) is 4.98 Å². The summed E-state index contributed by atoms with van der Waals surface area (Å²) in [5, 5.41) is 2.87. The third-order valence-electron chi connectivity index (χ3n) is 2.26. The largest absolute Gasteiger partial charge is 0.382 e. The van der Waals surface area contributed by atoms with Gasteiger partial charge in [0.05, 0.1) is 6.33 Å². The zero-order valence-corrected chi connectivity index (χ0v) is 7.94. The van der Waals surface area contributed by atoms with Gasteiger partial charge in [-0.05, 0) is 18.8 Å². The van der Waals surface area contributed by atoms with Crippen molar-refractivity contribution in [1.29, 1.82) is 0 Å². The normalized spacial score (nSPS) is 15.4. The summed E-state index contributed by atoms with van der Waals surface area (Å²) in [5.74, 6) is 1.18. The molecule has 1 amide bonds. The van der Waals surface area contributed by atoms with Crippen LogP contribution in [-0.2, 0) is 11.3 Å². The second-order valence-corrected chi connectivity index (χ2v) is 3.72. The standard InChI is InChI=1S/C9H14N4O/c10-8-4-13(6-12-8)5-9(14)11-3-7-1-2-7/h4,6-7H,1-3,5,10H2,(H,11,14). The third-order valence-corrected chi connectivity index (χ3v) is 2.26. The molecule has 0 atom stereocenters. The number of imidazole rings is 1. The number of amides is 1. The van der Waals surface area contributed by atoms with E-state index in [9.17, 15) is 4.79 Å². The average molecular weight is 194 g/mol. The van der Waals surface area contributed by atoms with Gasteiger partial charge in [0.2, 0.25) is 5.91 Å². The Morgan fingerprint density at radius 2 is 2.50 bits per heavy atom. The van der Waals surface area contributed by atoms with Crippen LogP contribution in [0.15, 0.2) is 12.5 Å². The smallest absolute Gasteiger partial charge is 0.239 e. The minimum Gasteiger partial charge on any atom is -0.382 e. The van der Waals surface area contributed by atoms with Crippen molar-refractivity contribution in [3.05, 3.63) is 12.5 Å². The molecule has 1 fully saturated rings. The van der Waals surface area contributed by atoms with E-state index in [4.69, 9.17) is 5.73 Å². The minimum atomic E-state index is 0.0225. The number of carbonyl (C=O) groups is 1. The Bertz CT molecular complexity index is 329. The fourth-order valence-electron chi connectivity index (χ4n) is 1.27. The number of nitrogens with two attached hydrogens (primary N) is 1. The highest BCUT2D eigenvalue weighted by atomic mass is 16.1. The molecule has 0 saturated heterocycles. The minimum absolute atomic E-state index is 0.0225. The van der Waals surface area contributed by atoms with Gasteiger partial charge in [0.15, 0.2) is 0 Å². The SMILES string of the molecule is Nc1cn(CC(=O)NCC2CC2)cn1. The van der Waals surface area contributed by atoms with E-state index in [1.165, 1.54) is 12.8 Å². The molecule has 1 aliphatic rings. The zero-order chi connectivity index (χ0) is 9.97. The molecule has 0 spiro atoms. The van der Waals surface area contributed by atoms with E-state index in [0.717, 1.165) is 6.54 Å². The molecule has 3 N–H and O–H groups in total. The predicted octanol–water partition coefficient (Wildman–Crippen LogP) is -0.00850. The van der Waals surface area contributed by atoms with E-state index in [1.807, 2.05) is 0 Å². The molecule has 0 aliphatic heterocycles. The lowest BCUT2D eigenvalue weighted by Gasteiger charge is -2.03. The number of nitrogen functional groups attached to an aromatic ring is 1. The summed E-state index contributed by atoms with van der Waals surface area (Å²) in [6, 6.07) is 0. The number of carbonyl (C=O) groups excluding carboxylic acids is 1. The second-order valence-electron chi connectivity index (χ2n) is 3.72. The van der Waals surface area contributed by atoms with Crippen molar-refractivity contribution in [1.82, 2.24) is 14.9 Å². The molecule has 0 unspecified atom stereocenters. The van der Waals surface area contributed by atoms with E-state index in [-0.39, 0.29) is 5.91 Å². The van der Waals surface area contributed by atoms with Crippen molar-refractivity contribution in [3.63, 3.8) is 0 Å². The third kappa shape index (κ3) is 2.48. The van der Waals surface area contributed by atoms with Crippen LogP contribution in [0.25, 0.3) is 0 Å². The molecular formula is C9H14N4O. The molecule has 1 aromatic heterocycles. The number of anilines is 1. The molecule has 5 heteroatoms. The maximum absolute atomic E-state index is 11.4. The van der Waals surface area contributed by atoms with Crippen molar-refractivity contribution < 1.29 is 4.79 Å². The lowest BCUT2D eigenvalue weighted by molar-refractivity contribution is -0.121. The molecule has 0 aromatic carbocycles. The molecule has 0 radical (unpaired) electrons. The molecule has 1 aliphatic carbocycles. The highest BCUT2D eigenvalue weighted by Crippen LogP contribution is 2.27. The van der Waals surface area contributed by atoms with Crippen LogP contribution in [0.4, 0.5) is 5.82 Å². The fraction of sp³-hybridized carbons (Fsp3) is 0.556. The highest BCUT2D eigenvalue weighted by Gasteiger charge is 2.21. The molecule has 1 saturated carbocycles. The van der Waals surface area contributed by atoms with E-state index in [0.29, 0.717) is 18.3 Å². The fourth-order valence-corrected chi connectivity index (χ4v) is 1.27. The van der Waals surface area contributed by atoms with Gasteiger partial charge in [-0.3, -0.25) is 4.79 Å². The van der Waals surface area contributed by atoms with Crippen molar-refractivity contribution in [2.24, 2.45) is 5.92 Å². The average Bonchev–Trinajstić information content (AvgIpc) is 2.88. The summed E-state index contributed by atoms with van der Waals surface area (Å²) >= 11 is 0. The van der Waals surface area contributed by atoms with Gasteiger partial charge in [0.1, 0.15) is 12.4 Å². The molecule has 1 aromatic rings. The van der Waals surface area contributed by atoms with Crippen LogP contribution in [0.3, 0.4) is 0 Å². The summed E-state index contributed by atoms with van der Waals surface area (Å²) in [7, 11) is 0. The lowest BCUT2D eigenvalue weighted by atomic mass is 10.4. The van der Waals surface area contributed by atoms with Crippen molar-refractivity contribution in [3.8, 4) is 0 Å². The molecule has 2 rings (SSSR count). The van der Waals surface area contributed by atoms with E-state index in [2.05, 4.69) is 10.3 Å². The van der Waals surface area contributed by atoms with E-state index < -0.39 is 0 Å². The van der Waals surface area contributed by atoms with Crippen molar-refractivity contribution in [2.45, 2.75) is 19.4 Å². The van der Waals surface area contributed by atoms with Crippen LogP contribution < -0.4 is 11.1 Å². The van der Waals surface area contributed by atoms with Crippen LogP contribution in [0.1, 0.15) is 12.8 Å². The number of hydrogen-bond acceptors (Lipinski definition) is 3. The number of aromatic nitrogens is 2. The first kappa shape index (κ1) is 9.05. The summed E-state index contributed by atoms with van der Waals surface area (Å²) in [4.78, 5) is 15.2. The predicted molar refractivity (Wildman–Crippen MR) is 52.4 cm³/mol. The molecule has 1 heterocycles. The number of nitrogens with zero attached hydrogens (tertiary/aromatic N) is 2. The van der Waals surface area contributed by atoms with Crippen molar-refractivity contribution >= 4 is 11.7 Å². The maximum Gasteiger partial charge on any atom is 0.239 e. The zero-order valence-electron chi connectivity index (χ0n) is 7.94. The monoisotopic (exact) mass is 194 g/mol. The van der Waals surface area contributed by atoms with Crippen molar-refractivity contribution in [2.75, 3.05) is 12.3 Å². The Kier molecular flexibility index (Phi) is 2.39. The van der Waals surface area contributed by atoms with Gasteiger partial charge in [0.25, 0.3) is 0 Å². The van der Waals surface area contributed by atoms with Crippen LogP contribution in [0.2, 0.25) is 0 Å². The second kappa shape index (κ2) is 3.69. The first-order chi connectivity index (χ1) is 6.74. The Hall–Kier alpha value is -1.52. The van der Waals surface area contributed by atoms with Gasteiger partial charge in [0, 0.05) is 12.7 Å². The summed E-state index contributed by atoms with van der Waals surface area (Å²) in [6.45, 7) is 1.11. The molecule has 76 valence electrons. The topological polar surface area (TPSA) is 72.9 Å². The first-order valence-electron chi connectivity index (χ1n) is 4.78.